The Bertz CT molecular complexity index is 1220. The molecule has 3 N–H and O–H groups in total. The van der Waals surface area contributed by atoms with Crippen LogP contribution in [-0.2, 0) is 20.9 Å². The Hall–Kier alpha value is -3.66. The monoisotopic (exact) mass is 454 g/mol. The Labute approximate surface area is 188 Å². The van der Waals surface area contributed by atoms with Crippen LogP contribution in [0.5, 0.6) is 0 Å². The number of nitrogens with two attached hydrogens (primary N) is 1. The van der Waals surface area contributed by atoms with E-state index in [2.05, 4.69) is 15.0 Å². The fourth-order valence-electron chi connectivity index (χ4n) is 2.91. The highest BCUT2D eigenvalue weighted by atomic mass is 32.2. The summed E-state index contributed by atoms with van der Waals surface area (Å²) in [7, 11) is 1.28. The summed E-state index contributed by atoms with van der Waals surface area (Å²) in [5.41, 5.74) is 6.27. The number of esters is 1. The lowest BCUT2D eigenvalue weighted by Crippen LogP contribution is -2.28. The molecule has 1 aromatic heterocycles. The van der Waals surface area contributed by atoms with E-state index in [4.69, 9.17) is 5.73 Å². The zero-order chi connectivity index (χ0) is 23.3. The number of para-hydroxylation sites is 1. The van der Waals surface area contributed by atoms with E-state index in [-0.39, 0.29) is 24.4 Å². The second kappa shape index (κ2) is 10.1. The van der Waals surface area contributed by atoms with E-state index < -0.39 is 17.1 Å². The van der Waals surface area contributed by atoms with Crippen LogP contribution >= 0.6 is 11.8 Å². The van der Waals surface area contributed by atoms with Gasteiger partial charge in [-0.05, 0) is 43.3 Å². The van der Waals surface area contributed by atoms with Crippen molar-refractivity contribution in [2.75, 3.05) is 12.4 Å². The van der Waals surface area contributed by atoms with Crippen LogP contribution in [0.25, 0.3) is 10.9 Å². The number of ether oxygens (including phenoxy) is 1. The average Bonchev–Trinajstić information content (AvgIpc) is 2.78. The largest absolute Gasteiger partial charge is 0.469 e. The Balaban J connectivity index is 1.83. The maximum absolute atomic E-state index is 13.0. The number of aromatic nitrogens is 2. The predicted octanol–water partition coefficient (Wildman–Crippen LogP) is 2.18. The summed E-state index contributed by atoms with van der Waals surface area (Å²) >= 11 is 1.11. The fraction of sp³-hybridized carbons (Fsp3) is 0.227. The van der Waals surface area contributed by atoms with E-state index >= 15 is 0 Å². The van der Waals surface area contributed by atoms with Crippen molar-refractivity contribution in [3.8, 4) is 0 Å². The molecule has 0 aliphatic carbocycles. The van der Waals surface area contributed by atoms with Crippen molar-refractivity contribution < 1.29 is 19.1 Å². The second-order valence-corrected chi connectivity index (χ2v) is 8.19. The number of hydrogen-bond donors (Lipinski definition) is 2. The highest BCUT2D eigenvalue weighted by molar-refractivity contribution is 8.00. The Morgan fingerprint density at radius 3 is 2.50 bits per heavy atom. The number of amides is 2. The molecule has 0 saturated carbocycles. The number of carbonyl (C=O) groups excluding carboxylic acids is 3. The molecule has 1 heterocycles. The van der Waals surface area contributed by atoms with Gasteiger partial charge in [0.15, 0.2) is 5.16 Å². The maximum Gasteiger partial charge on any atom is 0.307 e. The number of nitrogens with zero attached hydrogens (tertiary/aromatic N) is 2. The number of thioether (sulfide) groups is 1. The minimum Gasteiger partial charge on any atom is -0.469 e. The highest BCUT2D eigenvalue weighted by Gasteiger charge is 2.20. The molecule has 0 radical (unpaired) electrons. The van der Waals surface area contributed by atoms with Gasteiger partial charge in [0, 0.05) is 17.8 Å². The third-order valence-electron chi connectivity index (χ3n) is 4.68. The molecule has 0 spiro atoms. The molecule has 0 aliphatic rings. The number of hydrogen-bond acceptors (Lipinski definition) is 7. The molecule has 3 aromatic rings. The van der Waals surface area contributed by atoms with Crippen LogP contribution in [0.3, 0.4) is 0 Å². The number of nitrogens with one attached hydrogen (secondary N) is 1. The number of fused-ring (bicyclic) bond motifs is 1. The van der Waals surface area contributed by atoms with Crippen molar-refractivity contribution in [1.82, 2.24) is 9.55 Å². The van der Waals surface area contributed by atoms with Gasteiger partial charge in [0.1, 0.15) is 0 Å². The Morgan fingerprint density at radius 2 is 1.84 bits per heavy atom. The van der Waals surface area contributed by atoms with Gasteiger partial charge in [0.05, 0.1) is 29.7 Å². The first-order valence-electron chi connectivity index (χ1n) is 9.74. The quantitative estimate of drug-likeness (QED) is 0.303. The molecule has 2 aromatic carbocycles. The van der Waals surface area contributed by atoms with Crippen LogP contribution in [-0.4, -0.2) is 39.7 Å². The third kappa shape index (κ3) is 5.33. The van der Waals surface area contributed by atoms with Crippen LogP contribution in [0.2, 0.25) is 0 Å². The Kier molecular flexibility index (Phi) is 7.26. The summed E-state index contributed by atoms with van der Waals surface area (Å²) in [6.07, 6.45) is -0.00320. The lowest BCUT2D eigenvalue weighted by atomic mass is 10.2. The highest BCUT2D eigenvalue weighted by Crippen LogP contribution is 2.24. The fourth-order valence-corrected chi connectivity index (χ4v) is 3.85. The van der Waals surface area contributed by atoms with Gasteiger partial charge in [-0.25, -0.2) is 4.98 Å². The average molecular weight is 455 g/mol. The van der Waals surface area contributed by atoms with Crippen LogP contribution in [0, 0.1) is 0 Å². The zero-order valence-corrected chi connectivity index (χ0v) is 18.3. The zero-order valence-electron chi connectivity index (χ0n) is 17.5. The van der Waals surface area contributed by atoms with Gasteiger partial charge < -0.3 is 15.8 Å². The maximum atomic E-state index is 13.0. The smallest absolute Gasteiger partial charge is 0.307 e. The van der Waals surface area contributed by atoms with Crippen LogP contribution in [0.15, 0.2) is 58.5 Å². The minimum atomic E-state index is -0.608. The normalized spacial score (nSPS) is 11.7. The van der Waals surface area contributed by atoms with Crippen molar-refractivity contribution in [1.29, 1.82) is 0 Å². The van der Waals surface area contributed by atoms with Crippen LogP contribution in [0.4, 0.5) is 5.69 Å². The van der Waals surface area contributed by atoms with Gasteiger partial charge in [0.25, 0.3) is 5.56 Å². The Morgan fingerprint density at radius 1 is 1.16 bits per heavy atom. The standard InChI is InChI=1S/C22H22N4O5S/c1-13(20(29)24-15-9-7-14(8-10-15)19(23)28)32-22-25-17-6-4-3-5-16(17)21(30)26(22)12-11-18(27)31-2/h3-10,13H,11-12H2,1-2H3,(H2,23,28)(H,24,29). The first-order chi connectivity index (χ1) is 15.3. The number of primary amides is 1. The van der Waals surface area contributed by atoms with Gasteiger partial charge in [-0.3, -0.25) is 23.7 Å². The molecule has 0 fully saturated rings. The lowest BCUT2D eigenvalue weighted by Gasteiger charge is -2.16. The summed E-state index contributed by atoms with van der Waals surface area (Å²) in [5.74, 6) is -1.32. The van der Waals surface area contributed by atoms with E-state index in [9.17, 15) is 19.2 Å². The van der Waals surface area contributed by atoms with E-state index in [1.54, 1.807) is 43.3 Å². The molecule has 2 amide bonds. The van der Waals surface area contributed by atoms with Crippen molar-refractivity contribution in [3.63, 3.8) is 0 Å². The van der Waals surface area contributed by atoms with Crippen molar-refractivity contribution in [2.45, 2.75) is 30.3 Å². The SMILES string of the molecule is COC(=O)CCn1c(SC(C)C(=O)Nc2ccc(C(N)=O)cc2)nc2ccccc2c1=O. The number of carbonyl (C=O) groups is 3. The molecular weight excluding hydrogens is 432 g/mol. The molecule has 0 aliphatic heterocycles. The first-order valence-corrected chi connectivity index (χ1v) is 10.6. The molecule has 32 heavy (non-hydrogen) atoms. The van der Waals surface area contributed by atoms with Gasteiger partial charge in [0.2, 0.25) is 11.8 Å². The molecule has 10 heteroatoms. The predicted molar refractivity (Wildman–Crippen MR) is 122 cm³/mol. The van der Waals surface area contributed by atoms with Crippen molar-refractivity contribution in [3.05, 3.63) is 64.4 Å². The molecule has 3 rings (SSSR count). The summed E-state index contributed by atoms with van der Waals surface area (Å²) in [4.78, 5) is 53.0. The number of methoxy groups -OCH3 is 1. The van der Waals surface area contributed by atoms with Gasteiger partial charge in [-0.2, -0.15) is 0 Å². The van der Waals surface area contributed by atoms with Crippen molar-refractivity contribution in [2.24, 2.45) is 5.73 Å². The van der Waals surface area contributed by atoms with Crippen molar-refractivity contribution >= 4 is 46.1 Å². The summed E-state index contributed by atoms with van der Waals surface area (Å²) in [6.45, 7) is 1.76. The van der Waals surface area contributed by atoms with Crippen LogP contribution in [0.1, 0.15) is 23.7 Å². The van der Waals surface area contributed by atoms with Gasteiger partial charge in [-0.15, -0.1) is 0 Å². The van der Waals surface area contributed by atoms with Gasteiger partial charge >= 0.3 is 5.97 Å². The lowest BCUT2D eigenvalue weighted by molar-refractivity contribution is -0.140. The topological polar surface area (TPSA) is 133 Å². The van der Waals surface area contributed by atoms with E-state index in [1.165, 1.54) is 23.8 Å². The number of benzene rings is 2. The second-order valence-electron chi connectivity index (χ2n) is 6.89. The molecule has 0 saturated heterocycles. The number of rotatable bonds is 8. The molecule has 166 valence electrons. The van der Waals surface area contributed by atoms with Crippen LogP contribution < -0.4 is 16.6 Å². The first kappa shape index (κ1) is 23.0. The molecule has 0 bridgehead atoms. The molecule has 1 unspecified atom stereocenters. The molecule has 1 atom stereocenters. The minimum absolute atomic E-state index is 0.00320. The summed E-state index contributed by atoms with van der Waals surface area (Å²) in [5, 5.41) is 2.90. The number of anilines is 1. The molecular formula is C22H22N4O5S. The third-order valence-corrected chi connectivity index (χ3v) is 5.77. The molecule has 9 nitrogen and oxygen atoms in total. The summed E-state index contributed by atoms with van der Waals surface area (Å²) < 4.78 is 6.06. The van der Waals surface area contributed by atoms with E-state index in [0.717, 1.165) is 11.8 Å². The van der Waals surface area contributed by atoms with E-state index in [1.807, 2.05) is 0 Å². The summed E-state index contributed by atoms with van der Waals surface area (Å²) in [6, 6.07) is 13.1. The van der Waals surface area contributed by atoms with E-state index in [0.29, 0.717) is 27.3 Å². The van der Waals surface area contributed by atoms with Gasteiger partial charge in [-0.1, -0.05) is 23.9 Å².